The molecule has 1 N–H and O–H groups in total. The van der Waals surface area contributed by atoms with Crippen molar-refractivity contribution in [3.05, 3.63) is 83.0 Å². The highest BCUT2D eigenvalue weighted by Gasteiger charge is 2.11. The first-order valence-electron chi connectivity index (χ1n) is 8.87. The van der Waals surface area contributed by atoms with Crippen molar-refractivity contribution in [3.63, 3.8) is 0 Å². The first-order valence-corrected chi connectivity index (χ1v) is 11.6. The van der Waals surface area contributed by atoms with E-state index in [0.29, 0.717) is 0 Å². The number of carbonyl (C=O) groups excluding carboxylic acids is 1. The Labute approximate surface area is 173 Å². The average molecular weight is 430 g/mol. The number of hydrogen-bond donors (Lipinski definition) is 1. The highest BCUT2D eigenvalue weighted by atomic mass is 32.2. The van der Waals surface area contributed by atoms with Gasteiger partial charge in [0.15, 0.2) is 9.84 Å². The Kier molecular flexibility index (Phi) is 6.30. The quantitative estimate of drug-likeness (QED) is 0.570. The number of carbonyl (C=O) groups is 1. The number of rotatable bonds is 6. The van der Waals surface area contributed by atoms with E-state index in [1.54, 1.807) is 30.3 Å². The van der Waals surface area contributed by atoms with Crippen molar-refractivity contribution in [2.24, 2.45) is 0 Å². The van der Waals surface area contributed by atoms with E-state index in [1.165, 1.54) is 41.7 Å². The molecule has 1 atom stereocenters. The van der Waals surface area contributed by atoms with Crippen molar-refractivity contribution in [1.29, 1.82) is 0 Å². The molecule has 0 aliphatic heterocycles. The summed E-state index contributed by atoms with van der Waals surface area (Å²) < 4.78 is 36.1. The molecule has 29 heavy (non-hydrogen) atoms. The van der Waals surface area contributed by atoms with Gasteiger partial charge in [-0.2, -0.15) is 0 Å². The van der Waals surface area contributed by atoms with Gasteiger partial charge < -0.3 is 5.32 Å². The molecule has 3 rings (SSSR count). The van der Waals surface area contributed by atoms with Crippen LogP contribution in [0.1, 0.15) is 23.4 Å². The van der Waals surface area contributed by atoms with Crippen LogP contribution < -0.4 is 5.32 Å². The Bertz CT molecular complexity index is 1130. The summed E-state index contributed by atoms with van der Waals surface area (Å²) in [5.74, 6) is -0.524. The summed E-state index contributed by atoms with van der Waals surface area (Å²) in [4.78, 5) is 14.4. The summed E-state index contributed by atoms with van der Waals surface area (Å²) in [7, 11) is -3.24. The Balaban J connectivity index is 1.61. The third-order valence-corrected chi connectivity index (χ3v) is 6.55. The van der Waals surface area contributed by atoms with Crippen molar-refractivity contribution in [1.82, 2.24) is 5.32 Å². The van der Waals surface area contributed by atoms with Crippen LogP contribution in [0.15, 0.2) is 71.6 Å². The molecule has 7 heteroatoms. The zero-order valence-electron chi connectivity index (χ0n) is 15.9. The van der Waals surface area contributed by atoms with Crippen molar-refractivity contribution < 1.29 is 17.6 Å². The van der Waals surface area contributed by atoms with E-state index in [1.807, 2.05) is 19.1 Å². The van der Waals surface area contributed by atoms with Crippen molar-refractivity contribution >= 4 is 33.2 Å². The van der Waals surface area contributed by atoms with Crippen LogP contribution in [0.5, 0.6) is 0 Å². The maximum absolute atomic E-state index is 13.0. The van der Waals surface area contributed by atoms with Crippen LogP contribution in [0, 0.1) is 5.82 Å². The first kappa shape index (κ1) is 21.0. The number of hydrogen-bond acceptors (Lipinski definition) is 4. The topological polar surface area (TPSA) is 63.2 Å². The zero-order chi connectivity index (χ0) is 21.0. The number of thiophene rings is 1. The first-order chi connectivity index (χ1) is 13.7. The molecule has 0 bridgehead atoms. The molecule has 0 spiro atoms. The number of nitrogens with one attached hydrogen (secondary N) is 1. The molecule has 1 heterocycles. The maximum Gasteiger partial charge on any atom is 0.244 e. The Morgan fingerprint density at radius 2 is 1.69 bits per heavy atom. The molecule has 0 aliphatic carbocycles. The van der Waals surface area contributed by atoms with E-state index in [4.69, 9.17) is 0 Å². The number of benzene rings is 2. The smallest absolute Gasteiger partial charge is 0.244 e. The summed E-state index contributed by atoms with van der Waals surface area (Å²) in [5.41, 5.74) is 1.74. The summed E-state index contributed by atoms with van der Waals surface area (Å²) in [6, 6.07) is 16.3. The van der Waals surface area contributed by atoms with Gasteiger partial charge in [0.05, 0.1) is 10.9 Å². The minimum absolute atomic E-state index is 0.245. The van der Waals surface area contributed by atoms with Gasteiger partial charge in [-0.1, -0.05) is 24.3 Å². The monoisotopic (exact) mass is 429 g/mol. The van der Waals surface area contributed by atoms with Crippen LogP contribution in [0.25, 0.3) is 16.5 Å². The fourth-order valence-electron chi connectivity index (χ4n) is 2.72. The van der Waals surface area contributed by atoms with Crippen LogP contribution in [-0.2, 0) is 14.6 Å². The normalized spacial score (nSPS) is 12.8. The molecule has 2 aromatic carbocycles. The van der Waals surface area contributed by atoms with Gasteiger partial charge in [-0.3, -0.25) is 4.79 Å². The lowest BCUT2D eigenvalue weighted by Crippen LogP contribution is -2.24. The Hall–Kier alpha value is -2.77. The van der Waals surface area contributed by atoms with E-state index < -0.39 is 9.84 Å². The summed E-state index contributed by atoms with van der Waals surface area (Å²) in [5, 5.41) is 2.86. The summed E-state index contributed by atoms with van der Waals surface area (Å²) in [6.07, 6.45) is 4.35. The van der Waals surface area contributed by atoms with Gasteiger partial charge in [0.2, 0.25) is 5.91 Å². The third-order valence-electron chi connectivity index (χ3n) is 4.32. The van der Waals surface area contributed by atoms with E-state index in [0.717, 1.165) is 27.1 Å². The second-order valence-electron chi connectivity index (χ2n) is 6.61. The molecule has 0 saturated carbocycles. The van der Waals surface area contributed by atoms with Crippen molar-refractivity contribution in [3.8, 4) is 10.4 Å². The van der Waals surface area contributed by atoms with Crippen LogP contribution in [0.3, 0.4) is 0 Å². The highest BCUT2D eigenvalue weighted by Crippen LogP contribution is 2.29. The van der Waals surface area contributed by atoms with Crippen LogP contribution in [0.4, 0.5) is 4.39 Å². The summed E-state index contributed by atoms with van der Waals surface area (Å²) in [6.45, 7) is 1.83. The van der Waals surface area contributed by atoms with E-state index >= 15 is 0 Å². The van der Waals surface area contributed by atoms with E-state index in [9.17, 15) is 17.6 Å². The largest absolute Gasteiger partial charge is 0.346 e. The lowest BCUT2D eigenvalue weighted by atomic mass is 10.1. The lowest BCUT2D eigenvalue weighted by molar-refractivity contribution is -0.117. The second-order valence-corrected chi connectivity index (χ2v) is 9.74. The maximum atomic E-state index is 13.0. The number of sulfone groups is 1. The van der Waals surface area contributed by atoms with Crippen molar-refractivity contribution in [2.75, 3.05) is 6.26 Å². The number of amides is 1. The van der Waals surface area contributed by atoms with Gasteiger partial charge >= 0.3 is 0 Å². The predicted molar refractivity (Wildman–Crippen MR) is 115 cm³/mol. The Morgan fingerprint density at radius 1 is 1.03 bits per heavy atom. The lowest BCUT2D eigenvalue weighted by Gasteiger charge is -2.13. The van der Waals surface area contributed by atoms with Gasteiger partial charge in [0.25, 0.3) is 0 Å². The van der Waals surface area contributed by atoms with Crippen LogP contribution >= 0.6 is 11.3 Å². The molecule has 1 amide bonds. The van der Waals surface area contributed by atoms with Gasteiger partial charge in [0, 0.05) is 22.1 Å². The summed E-state index contributed by atoms with van der Waals surface area (Å²) >= 11 is 1.51. The zero-order valence-corrected chi connectivity index (χ0v) is 17.6. The minimum Gasteiger partial charge on any atom is -0.346 e. The van der Waals surface area contributed by atoms with E-state index in [2.05, 4.69) is 5.32 Å². The molecular formula is C22H20FNO3S2. The minimum atomic E-state index is -3.24. The van der Waals surface area contributed by atoms with Gasteiger partial charge in [-0.15, -0.1) is 11.3 Å². The highest BCUT2D eigenvalue weighted by molar-refractivity contribution is 7.90. The van der Waals surface area contributed by atoms with Crippen LogP contribution in [0.2, 0.25) is 0 Å². The molecule has 0 aliphatic rings. The molecule has 4 nitrogen and oxygen atoms in total. The van der Waals surface area contributed by atoms with E-state index in [-0.39, 0.29) is 22.7 Å². The molecule has 0 fully saturated rings. The molecule has 3 aromatic rings. The molecular weight excluding hydrogens is 409 g/mol. The molecule has 1 unspecified atom stereocenters. The van der Waals surface area contributed by atoms with Crippen LogP contribution in [-0.4, -0.2) is 20.6 Å². The third kappa shape index (κ3) is 5.62. The SMILES string of the molecule is CC(NC(=O)C=Cc1ccc(-c2ccc(F)cc2)s1)c1ccc(S(C)(=O)=O)cc1. The predicted octanol–water partition coefficient (Wildman–Crippen LogP) is 4.85. The van der Waals surface area contributed by atoms with Gasteiger partial charge in [-0.25, -0.2) is 12.8 Å². The average Bonchev–Trinajstić information content (AvgIpc) is 3.15. The molecule has 150 valence electrons. The molecule has 1 aromatic heterocycles. The van der Waals surface area contributed by atoms with Crippen molar-refractivity contribution in [2.45, 2.75) is 17.9 Å². The van der Waals surface area contributed by atoms with Gasteiger partial charge in [0.1, 0.15) is 5.82 Å². The fraction of sp³-hybridized carbons (Fsp3) is 0.136. The standard InChI is InChI=1S/C22H20FNO3S2/c1-15(16-5-11-20(12-6-16)29(2,26)27)24-22(25)14-10-19-9-13-21(28-19)17-3-7-18(23)8-4-17/h3-15H,1-2H3,(H,24,25). The Morgan fingerprint density at radius 3 is 2.31 bits per heavy atom. The molecule has 0 radical (unpaired) electrons. The number of halogens is 1. The van der Waals surface area contributed by atoms with Gasteiger partial charge in [-0.05, 0) is 60.5 Å². The molecule has 0 saturated heterocycles. The fourth-order valence-corrected chi connectivity index (χ4v) is 4.26. The second kappa shape index (κ2) is 8.71.